The van der Waals surface area contributed by atoms with Crippen molar-refractivity contribution in [2.45, 2.75) is 110 Å². The Bertz CT molecular complexity index is 364. The quantitative estimate of drug-likeness (QED) is 0.563. The van der Waals surface area contributed by atoms with Gasteiger partial charge in [-0.3, -0.25) is 0 Å². The molecule has 0 N–H and O–H groups in total. The van der Waals surface area contributed by atoms with Crippen molar-refractivity contribution in [1.82, 2.24) is 0 Å². The second-order valence-corrected chi connectivity index (χ2v) is 9.29. The molecule has 23 heavy (non-hydrogen) atoms. The standard InChI is InChI=1S/C21H38O2/c1-15(20-14-21(20,3)4)17-10-12-19(13-11-17)23-16(2)22-18-8-6-5-7-9-18/h15-20H,5-14H2,1-4H3. The summed E-state index contributed by atoms with van der Waals surface area (Å²) in [6, 6.07) is 0. The Hall–Kier alpha value is -0.0800. The summed E-state index contributed by atoms with van der Waals surface area (Å²) in [6.07, 6.45) is 14.0. The topological polar surface area (TPSA) is 18.5 Å². The van der Waals surface area contributed by atoms with Gasteiger partial charge in [0.05, 0.1) is 12.2 Å². The van der Waals surface area contributed by atoms with Gasteiger partial charge in [0.25, 0.3) is 0 Å². The van der Waals surface area contributed by atoms with Gasteiger partial charge in [-0.25, -0.2) is 0 Å². The van der Waals surface area contributed by atoms with Gasteiger partial charge in [0, 0.05) is 0 Å². The van der Waals surface area contributed by atoms with E-state index < -0.39 is 0 Å². The predicted molar refractivity (Wildman–Crippen MR) is 95.3 cm³/mol. The minimum atomic E-state index is -0.0144. The van der Waals surface area contributed by atoms with Gasteiger partial charge in [0.15, 0.2) is 6.29 Å². The zero-order valence-electron chi connectivity index (χ0n) is 15.9. The molecular weight excluding hydrogens is 284 g/mol. The second kappa shape index (κ2) is 7.44. The van der Waals surface area contributed by atoms with Crippen molar-refractivity contribution in [3.8, 4) is 0 Å². The second-order valence-electron chi connectivity index (χ2n) is 9.29. The summed E-state index contributed by atoms with van der Waals surface area (Å²) in [6.45, 7) is 9.48. The fourth-order valence-electron chi connectivity index (χ4n) is 5.26. The van der Waals surface area contributed by atoms with Gasteiger partial charge in [-0.15, -0.1) is 0 Å². The number of hydrogen-bond donors (Lipinski definition) is 0. The molecule has 3 rings (SSSR count). The average molecular weight is 323 g/mol. The first kappa shape index (κ1) is 17.7. The van der Waals surface area contributed by atoms with Crippen molar-refractivity contribution in [1.29, 1.82) is 0 Å². The van der Waals surface area contributed by atoms with E-state index in [1.54, 1.807) is 0 Å². The van der Waals surface area contributed by atoms with Crippen LogP contribution in [0.4, 0.5) is 0 Å². The van der Waals surface area contributed by atoms with E-state index in [4.69, 9.17) is 9.47 Å². The van der Waals surface area contributed by atoms with Gasteiger partial charge in [-0.2, -0.15) is 0 Å². The van der Waals surface area contributed by atoms with Crippen LogP contribution in [0.15, 0.2) is 0 Å². The molecule has 134 valence electrons. The first-order valence-electron chi connectivity index (χ1n) is 10.3. The average Bonchev–Trinajstić information content (AvgIpc) is 3.17. The lowest BCUT2D eigenvalue weighted by Gasteiger charge is -2.35. The van der Waals surface area contributed by atoms with Crippen LogP contribution in [-0.2, 0) is 9.47 Å². The van der Waals surface area contributed by atoms with Crippen molar-refractivity contribution in [2.24, 2.45) is 23.2 Å². The van der Waals surface area contributed by atoms with Crippen LogP contribution in [0.5, 0.6) is 0 Å². The summed E-state index contributed by atoms with van der Waals surface area (Å²) in [5, 5.41) is 0. The normalized spacial score (nSPS) is 37.3. The Labute approximate surface area is 143 Å². The van der Waals surface area contributed by atoms with Crippen molar-refractivity contribution in [3.63, 3.8) is 0 Å². The van der Waals surface area contributed by atoms with E-state index in [1.807, 2.05) is 0 Å². The van der Waals surface area contributed by atoms with E-state index in [-0.39, 0.29) is 6.29 Å². The van der Waals surface area contributed by atoms with Crippen LogP contribution < -0.4 is 0 Å². The lowest BCUT2D eigenvalue weighted by molar-refractivity contribution is -0.196. The predicted octanol–water partition coefficient (Wildman–Crippen LogP) is 5.94. The molecule has 2 heteroatoms. The molecule has 2 nitrogen and oxygen atoms in total. The highest BCUT2D eigenvalue weighted by Gasteiger charge is 2.50. The SMILES string of the molecule is CC(OC1CCCCC1)OC1CCC(C(C)C2CC2(C)C)CC1. The van der Waals surface area contributed by atoms with E-state index in [2.05, 4.69) is 27.7 Å². The molecule has 0 amide bonds. The largest absolute Gasteiger partial charge is 0.350 e. The highest BCUT2D eigenvalue weighted by molar-refractivity contribution is 4.99. The van der Waals surface area contributed by atoms with Crippen molar-refractivity contribution >= 4 is 0 Å². The van der Waals surface area contributed by atoms with Crippen molar-refractivity contribution in [3.05, 3.63) is 0 Å². The van der Waals surface area contributed by atoms with E-state index in [0.717, 1.165) is 17.8 Å². The number of hydrogen-bond acceptors (Lipinski definition) is 2. The number of rotatable bonds is 6. The Morgan fingerprint density at radius 3 is 1.83 bits per heavy atom. The fourth-order valence-corrected chi connectivity index (χ4v) is 5.26. The summed E-state index contributed by atoms with van der Waals surface area (Å²) >= 11 is 0. The highest BCUT2D eigenvalue weighted by atomic mass is 16.7. The third kappa shape index (κ3) is 4.72. The maximum absolute atomic E-state index is 6.22. The van der Waals surface area contributed by atoms with E-state index in [1.165, 1.54) is 64.2 Å². The van der Waals surface area contributed by atoms with E-state index >= 15 is 0 Å². The monoisotopic (exact) mass is 322 g/mol. The highest BCUT2D eigenvalue weighted by Crippen LogP contribution is 2.58. The van der Waals surface area contributed by atoms with Crippen molar-refractivity contribution < 1.29 is 9.47 Å². The maximum atomic E-state index is 6.22. The molecule has 3 saturated carbocycles. The van der Waals surface area contributed by atoms with Crippen LogP contribution >= 0.6 is 0 Å². The molecular formula is C21H38O2. The lowest BCUT2D eigenvalue weighted by Crippen LogP contribution is -2.32. The molecule has 3 atom stereocenters. The molecule has 3 fully saturated rings. The molecule has 3 aliphatic carbocycles. The fraction of sp³-hybridized carbons (Fsp3) is 1.00. The molecule has 0 bridgehead atoms. The van der Waals surface area contributed by atoms with Gasteiger partial charge in [-0.05, 0) is 75.0 Å². The minimum absolute atomic E-state index is 0.0144. The zero-order valence-corrected chi connectivity index (χ0v) is 15.9. The zero-order chi connectivity index (χ0) is 16.4. The summed E-state index contributed by atoms with van der Waals surface area (Å²) in [5.41, 5.74) is 0.620. The molecule has 0 aromatic carbocycles. The van der Waals surface area contributed by atoms with Gasteiger partial charge in [0.2, 0.25) is 0 Å². The van der Waals surface area contributed by atoms with Gasteiger partial charge in [0.1, 0.15) is 0 Å². The Morgan fingerprint density at radius 1 is 0.783 bits per heavy atom. The minimum Gasteiger partial charge on any atom is -0.350 e. The first-order chi connectivity index (χ1) is 11.0. The molecule has 0 aromatic heterocycles. The Kier molecular flexibility index (Phi) is 5.73. The molecule has 0 heterocycles. The summed E-state index contributed by atoms with van der Waals surface area (Å²) in [5.74, 6) is 2.80. The van der Waals surface area contributed by atoms with Crippen molar-refractivity contribution in [2.75, 3.05) is 0 Å². The van der Waals surface area contributed by atoms with Gasteiger partial charge in [-0.1, -0.05) is 40.0 Å². The smallest absolute Gasteiger partial charge is 0.155 e. The van der Waals surface area contributed by atoms with Crippen LogP contribution in [0.3, 0.4) is 0 Å². The van der Waals surface area contributed by atoms with Gasteiger partial charge < -0.3 is 9.47 Å². The summed E-state index contributed by atoms with van der Waals surface area (Å²) < 4.78 is 12.3. The summed E-state index contributed by atoms with van der Waals surface area (Å²) in [4.78, 5) is 0. The van der Waals surface area contributed by atoms with Crippen LogP contribution in [-0.4, -0.2) is 18.5 Å². The van der Waals surface area contributed by atoms with Crippen LogP contribution in [0.25, 0.3) is 0 Å². The van der Waals surface area contributed by atoms with E-state index in [0.29, 0.717) is 17.6 Å². The number of ether oxygens (including phenoxy) is 2. The maximum Gasteiger partial charge on any atom is 0.155 e. The summed E-state index contributed by atoms with van der Waals surface area (Å²) in [7, 11) is 0. The van der Waals surface area contributed by atoms with Crippen LogP contribution in [0.2, 0.25) is 0 Å². The third-order valence-corrected chi connectivity index (χ3v) is 7.01. The van der Waals surface area contributed by atoms with E-state index in [9.17, 15) is 0 Å². The molecule has 0 aliphatic heterocycles. The molecule has 3 aliphatic rings. The third-order valence-electron chi connectivity index (χ3n) is 7.01. The lowest BCUT2D eigenvalue weighted by atomic mass is 9.76. The Morgan fingerprint density at radius 2 is 1.30 bits per heavy atom. The van der Waals surface area contributed by atoms with Gasteiger partial charge >= 0.3 is 0 Å². The first-order valence-corrected chi connectivity index (χ1v) is 10.3. The van der Waals surface area contributed by atoms with Crippen LogP contribution in [0.1, 0.15) is 91.9 Å². The molecule has 0 saturated heterocycles. The molecule has 0 spiro atoms. The molecule has 0 radical (unpaired) electrons. The van der Waals surface area contributed by atoms with Crippen LogP contribution in [0, 0.1) is 23.2 Å². The molecule has 0 aromatic rings. The Balaban J connectivity index is 1.35. The molecule has 3 unspecified atom stereocenters.